The molecule has 8 heteroatoms. The van der Waals surface area contributed by atoms with E-state index < -0.39 is 11.9 Å². The molecule has 0 bridgehead atoms. The lowest BCUT2D eigenvalue weighted by Crippen LogP contribution is -1.99. The average molecular weight is 416 g/mol. The van der Waals surface area contributed by atoms with Crippen LogP contribution in [-0.4, -0.2) is 55.8 Å². The first-order valence-corrected chi connectivity index (χ1v) is 8.58. The van der Waals surface area contributed by atoms with Gasteiger partial charge in [-0.2, -0.15) is 0 Å². The second-order valence-corrected chi connectivity index (χ2v) is 5.31. The van der Waals surface area contributed by atoms with Crippen LogP contribution in [0.1, 0.15) is 20.7 Å². The molecule has 160 valence electrons. The SMILES string of the molecule is O=C(O)c1ccc(C(=O)O)cc1.OCCO.Oc1ccccc1.Oc1ccccc1. The standard InChI is InChI=1S/C8H6O4.2C6H6O.C2H6O2/c9-7(10)5-1-2-6(4-3-5)8(11)12;2*7-6-4-2-1-3-5-6;3-1-2-4/h1-4H,(H,9,10)(H,11,12);2*1-5,7H;3-4H,1-2H2. The van der Waals surface area contributed by atoms with E-state index in [9.17, 15) is 9.59 Å². The zero-order chi connectivity index (χ0) is 22.8. The minimum atomic E-state index is -1.06. The third kappa shape index (κ3) is 13.3. The highest BCUT2D eigenvalue weighted by Gasteiger charge is 2.04. The van der Waals surface area contributed by atoms with Crippen LogP contribution in [0.15, 0.2) is 84.9 Å². The molecule has 0 aliphatic heterocycles. The molecule has 3 aromatic carbocycles. The Balaban J connectivity index is 0.000000403. The number of benzene rings is 3. The summed E-state index contributed by atoms with van der Waals surface area (Å²) in [6.07, 6.45) is 0. The maximum Gasteiger partial charge on any atom is 0.335 e. The van der Waals surface area contributed by atoms with Gasteiger partial charge in [-0.05, 0) is 48.5 Å². The molecule has 0 unspecified atom stereocenters. The van der Waals surface area contributed by atoms with E-state index in [-0.39, 0.29) is 24.3 Å². The van der Waals surface area contributed by atoms with Crippen LogP contribution in [0.4, 0.5) is 0 Å². The zero-order valence-corrected chi connectivity index (χ0v) is 16.0. The number of phenolic OH excluding ortho intramolecular Hbond substituents is 2. The molecule has 0 atom stereocenters. The molecule has 6 N–H and O–H groups in total. The Bertz CT molecular complexity index is 762. The van der Waals surface area contributed by atoms with Gasteiger partial charge in [0.2, 0.25) is 0 Å². The van der Waals surface area contributed by atoms with E-state index in [0.717, 1.165) is 0 Å². The molecule has 0 radical (unpaired) electrons. The molecule has 0 saturated carbocycles. The monoisotopic (exact) mass is 416 g/mol. The first-order chi connectivity index (χ1) is 14.3. The van der Waals surface area contributed by atoms with E-state index in [2.05, 4.69) is 0 Å². The van der Waals surface area contributed by atoms with Crippen LogP contribution < -0.4 is 0 Å². The quantitative estimate of drug-likeness (QED) is 0.381. The van der Waals surface area contributed by atoms with Crippen molar-refractivity contribution in [1.82, 2.24) is 0 Å². The summed E-state index contributed by atoms with van der Waals surface area (Å²) in [5.41, 5.74) is 0.167. The van der Waals surface area contributed by atoms with Crippen LogP contribution in [0.5, 0.6) is 11.5 Å². The number of hydrogen-bond acceptors (Lipinski definition) is 6. The van der Waals surface area contributed by atoms with E-state index in [1.54, 1.807) is 48.5 Å². The minimum Gasteiger partial charge on any atom is -0.508 e. The smallest absolute Gasteiger partial charge is 0.335 e. The molecule has 0 amide bonds. The van der Waals surface area contributed by atoms with Crippen LogP contribution in [0.25, 0.3) is 0 Å². The van der Waals surface area contributed by atoms with Crippen LogP contribution in [-0.2, 0) is 0 Å². The van der Waals surface area contributed by atoms with Gasteiger partial charge in [-0.1, -0.05) is 36.4 Å². The van der Waals surface area contributed by atoms with Crippen molar-refractivity contribution in [1.29, 1.82) is 0 Å². The predicted molar refractivity (Wildman–Crippen MR) is 111 cm³/mol. The first-order valence-electron chi connectivity index (χ1n) is 8.58. The zero-order valence-electron chi connectivity index (χ0n) is 16.0. The molecule has 8 nitrogen and oxygen atoms in total. The third-order valence-electron chi connectivity index (χ3n) is 2.99. The molecule has 30 heavy (non-hydrogen) atoms. The molecule has 3 aromatic rings. The molecule has 0 aliphatic carbocycles. The second-order valence-electron chi connectivity index (χ2n) is 5.31. The van der Waals surface area contributed by atoms with Crippen molar-refractivity contribution < 1.29 is 40.2 Å². The summed E-state index contributed by atoms with van der Waals surface area (Å²) < 4.78 is 0. The summed E-state index contributed by atoms with van der Waals surface area (Å²) in [4.78, 5) is 20.7. The maximum absolute atomic E-state index is 10.3. The summed E-state index contributed by atoms with van der Waals surface area (Å²) >= 11 is 0. The van der Waals surface area contributed by atoms with E-state index in [1.807, 2.05) is 12.1 Å². The Morgan fingerprint density at radius 3 is 0.933 bits per heavy atom. The molecule has 0 fully saturated rings. The van der Waals surface area contributed by atoms with Gasteiger partial charge < -0.3 is 30.6 Å². The summed E-state index contributed by atoms with van der Waals surface area (Å²) in [5.74, 6) is -1.48. The Morgan fingerprint density at radius 1 is 0.533 bits per heavy atom. The van der Waals surface area contributed by atoms with E-state index >= 15 is 0 Å². The lowest BCUT2D eigenvalue weighted by atomic mass is 10.1. The van der Waals surface area contributed by atoms with Crippen molar-refractivity contribution in [3.8, 4) is 11.5 Å². The van der Waals surface area contributed by atoms with Gasteiger partial charge in [0.1, 0.15) is 11.5 Å². The lowest BCUT2D eigenvalue weighted by molar-refractivity contribution is 0.0681. The lowest BCUT2D eigenvalue weighted by Gasteiger charge is -1.94. The number of rotatable bonds is 3. The Kier molecular flexibility index (Phi) is 14.0. The number of para-hydroxylation sites is 2. The fourth-order valence-electron chi connectivity index (χ4n) is 1.61. The minimum absolute atomic E-state index is 0.0833. The predicted octanol–water partition coefficient (Wildman–Crippen LogP) is 2.84. The van der Waals surface area contributed by atoms with Crippen molar-refractivity contribution >= 4 is 11.9 Å². The van der Waals surface area contributed by atoms with Gasteiger partial charge >= 0.3 is 11.9 Å². The number of aliphatic hydroxyl groups is 2. The number of aromatic carboxylic acids is 2. The number of carboxylic acid groups (broad SMARTS) is 2. The van der Waals surface area contributed by atoms with Crippen molar-refractivity contribution in [2.45, 2.75) is 0 Å². The Labute approximate surface area is 173 Å². The number of carbonyl (C=O) groups is 2. The van der Waals surface area contributed by atoms with Crippen molar-refractivity contribution in [2.75, 3.05) is 13.2 Å². The van der Waals surface area contributed by atoms with Gasteiger partial charge in [-0.3, -0.25) is 0 Å². The van der Waals surface area contributed by atoms with E-state index in [1.165, 1.54) is 24.3 Å². The molecule has 0 saturated heterocycles. The normalized spacial score (nSPS) is 8.73. The Morgan fingerprint density at radius 2 is 0.800 bits per heavy atom. The molecular weight excluding hydrogens is 392 g/mol. The number of carboxylic acids is 2. The third-order valence-corrected chi connectivity index (χ3v) is 2.99. The van der Waals surface area contributed by atoms with Gasteiger partial charge in [-0.25, -0.2) is 9.59 Å². The molecule has 0 spiro atoms. The highest BCUT2D eigenvalue weighted by atomic mass is 16.4. The van der Waals surface area contributed by atoms with Crippen molar-refractivity contribution in [2.24, 2.45) is 0 Å². The molecular formula is C22H24O8. The maximum atomic E-state index is 10.3. The van der Waals surface area contributed by atoms with E-state index in [4.69, 9.17) is 30.6 Å². The fraction of sp³-hybridized carbons (Fsp3) is 0.0909. The largest absolute Gasteiger partial charge is 0.508 e. The number of phenols is 2. The topological polar surface area (TPSA) is 156 Å². The summed E-state index contributed by atoms with van der Waals surface area (Å²) in [6, 6.07) is 22.4. The fourth-order valence-corrected chi connectivity index (χ4v) is 1.61. The van der Waals surface area contributed by atoms with Crippen LogP contribution in [0, 0.1) is 0 Å². The molecule has 3 rings (SSSR count). The first kappa shape index (κ1) is 26.1. The molecule has 0 aromatic heterocycles. The van der Waals surface area contributed by atoms with Gasteiger partial charge in [-0.15, -0.1) is 0 Å². The van der Waals surface area contributed by atoms with Crippen LogP contribution >= 0.6 is 0 Å². The van der Waals surface area contributed by atoms with Gasteiger partial charge in [0.05, 0.1) is 24.3 Å². The Hall–Kier alpha value is -3.88. The molecule has 0 heterocycles. The van der Waals surface area contributed by atoms with Crippen LogP contribution in [0.3, 0.4) is 0 Å². The summed E-state index contributed by atoms with van der Waals surface area (Å²) in [5, 5.41) is 49.4. The second kappa shape index (κ2) is 16.1. The van der Waals surface area contributed by atoms with E-state index in [0.29, 0.717) is 11.5 Å². The molecule has 0 aliphatic rings. The summed E-state index contributed by atoms with van der Waals surface area (Å²) in [7, 11) is 0. The number of hydrogen-bond donors (Lipinski definition) is 6. The highest BCUT2D eigenvalue weighted by molar-refractivity contribution is 5.91. The summed E-state index contributed by atoms with van der Waals surface area (Å²) in [6.45, 7) is -0.250. The average Bonchev–Trinajstić information content (AvgIpc) is 2.76. The van der Waals surface area contributed by atoms with Crippen molar-refractivity contribution in [3.05, 3.63) is 96.1 Å². The van der Waals surface area contributed by atoms with Gasteiger partial charge in [0.25, 0.3) is 0 Å². The number of aromatic hydroxyl groups is 2. The van der Waals surface area contributed by atoms with Crippen molar-refractivity contribution in [3.63, 3.8) is 0 Å². The van der Waals surface area contributed by atoms with Crippen LogP contribution in [0.2, 0.25) is 0 Å². The number of aliphatic hydroxyl groups excluding tert-OH is 2. The van der Waals surface area contributed by atoms with Gasteiger partial charge in [0, 0.05) is 0 Å². The van der Waals surface area contributed by atoms with Gasteiger partial charge in [0.15, 0.2) is 0 Å². The highest BCUT2D eigenvalue weighted by Crippen LogP contribution is 2.04.